The molecule has 0 spiro atoms. The van der Waals surface area contributed by atoms with Crippen molar-refractivity contribution < 1.29 is 14.7 Å². The SMILES string of the molecule is NCC1CCN(C(=O)N2CCCC2CC(=O)O)C1. The van der Waals surface area contributed by atoms with Crippen molar-refractivity contribution in [2.45, 2.75) is 31.7 Å². The molecule has 0 aromatic carbocycles. The van der Waals surface area contributed by atoms with Crippen LogP contribution < -0.4 is 5.73 Å². The van der Waals surface area contributed by atoms with E-state index in [-0.39, 0.29) is 18.5 Å². The number of carboxylic acid groups (broad SMARTS) is 1. The number of carbonyl (C=O) groups excluding carboxylic acids is 1. The number of aliphatic carboxylic acids is 1. The highest BCUT2D eigenvalue weighted by atomic mass is 16.4. The van der Waals surface area contributed by atoms with Crippen LogP contribution in [0.5, 0.6) is 0 Å². The van der Waals surface area contributed by atoms with Gasteiger partial charge in [-0.2, -0.15) is 0 Å². The summed E-state index contributed by atoms with van der Waals surface area (Å²) in [5, 5.41) is 8.85. The first-order valence-electron chi connectivity index (χ1n) is 6.59. The van der Waals surface area contributed by atoms with Crippen molar-refractivity contribution >= 4 is 12.0 Å². The van der Waals surface area contributed by atoms with Crippen molar-refractivity contribution in [3.63, 3.8) is 0 Å². The molecule has 2 aliphatic rings. The summed E-state index contributed by atoms with van der Waals surface area (Å²) in [7, 11) is 0. The summed E-state index contributed by atoms with van der Waals surface area (Å²) in [6.45, 7) is 2.76. The van der Waals surface area contributed by atoms with E-state index in [4.69, 9.17) is 10.8 Å². The third kappa shape index (κ3) is 2.75. The minimum absolute atomic E-state index is 0.00491. The van der Waals surface area contributed by atoms with E-state index in [2.05, 4.69) is 0 Å². The maximum Gasteiger partial charge on any atom is 0.320 e. The first-order valence-corrected chi connectivity index (χ1v) is 6.59. The Morgan fingerprint density at radius 3 is 2.67 bits per heavy atom. The smallest absolute Gasteiger partial charge is 0.320 e. The van der Waals surface area contributed by atoms with Gasteiger partial charge in [-0.25, -0.2) is 4.79 Å². The summed E-state index contributed by atoms with van der Waals surface area (Å²) in [5.74, 6) is -0.435. The number of carbonyl (C=O) groups is 2. The van der Waals surface area contributed by atoms with E-state index < -0.39 is 5.97 Å². The number of carboxylic acids is 1. The molecule has 3 N–H and O–H groups in total. The minimum Gasteiger partial charge on any atom is -0.481 e. The predicted molar refractivity (Wildman–Crippen MR) is 66.1 cm³/mol. The molecule has 2 saturated heterocycles. The molecule has 18 heavy (non-hydrogen) atoms. The van der Waals surface area contributed by atoms with Crippen LogP contribution in [0.15, 0.2) is 0 Å². The molecule has 2 heterocycles. The number of hydrogen-bond donors (Lipinski definition) is 2. The second kappa shape index (κ2) is 5.56. The predicted octanol–water partition coefficient (Wildman–Crippen LogP) is 0.326. The molecule has 2 aliphatic heterocycles. The standard InChI is InChI=1S/C12H21N3O3/c13-7-9-3-5-14(8-9)12(18)15-4-1-2-10(15)6-11(16)17/h9-10H,1-8,13H2,(H,16,17). The maximum atomic E-state index is 12.3. The molecule has 0 radical (unpaired) electrons. The zero-order valence-corrected chi connectivity index (χ0v) is 10.5. The number of hydrogen-bond acceptors (Lipinski definition) is 3. The maximum absolute atomic E-state index is 12.3. The van der Waals surface area contributed by atoms with Gasteiger partial charge in [0.25, 0.3) is 0 Å². The monoisotopic (exact) mass is 255 g/mol. The van der Waals surface area contributed by atoms with Crippen molar-refractivity contribution in [1.82, 2.24) is 9.80 Å². The highest BCUT2D eigenvalue weighted by molar-refractivity contribution is 5.76. The number of nitrogens with zero attached hydrogens (tertiary/aromatic N) is 2. The lowest BCUT2D eigenvalue weighted by Crippen LogP contribution is -2.45. The fourth-order valence-corrected chi connectivity index (χ4v) is 2.88. The number of rotatable bonds is 3. The topological polar surface area (TPSA) is 86.9 Å². The lowest BCUT2D eigenvalue weighted by Gasteiger charge is -2.28. The lowest BCUT2D eigenvalue weighted by molar-refractivity contribution is -0.138. The summed E-state index contributed by atoms with van der Waals surface area (Å²) in [6, 6.07) is -0.137. The van der Waals surface area contributed by atoms with E-state index in [0.717, 1.165) is 25.8 Å². The summed E-state index contributed by atoms with van der Waals surface area (Å²) < 4.78 is 0. The Hall–Kier alpha value is -1.30. The van der Waals surface area contributed by atoms with Gasteiger partial charge in [-0.15, -0.1) is 0 Å². The van der Waals surface area contributed by atoms with Crippen LogP contribution in [0.2, 0.25) is 0 Å². The van der Waals surface area contributed by atoms with Crippen molar-refractivity contribution in [3.8, 4) is 0 Å². The molecule has 6 heteroatoms. The van der Waals surface area contributed by atoms with Gasteiger partial charge in [-0.3, -0.25) is 4.79 Å². The number of nitrogens with two attached hydrogens (primary N) is 1. The van der Waals surface area contributed by atoms with Gasteiger partial charge in [-0.1, -0.05) is 0 Å². The van der Waals surface area contributed by atoms with Gasteiger partial charge < -0.3 is 20.6 Å². The zero-order valence-electron chi connectivity index (χ0n) is 10.5. The van der Waals surface area contributed by atoms with Crippen LogP contribution >= 0.6 is 0 Å². The van der Waals surface area contributed by atoms with Crippen LogP contribution in [0.25, 0.3) is 0 Å². The van der Waals surface area contributed by atoms with Crippen LogP contribution in [0.4, 0.5) is 4.79 Å². The Bertz CT molecular complexity index is 335. The second-order valence-corrected chi connectivity index (χ2v) is 5.21. The van der Waals surface area contributed by atoms with Gasteiger partial charge >= 0.3 is 12.0 Å². The normalized spacial score (nSPS) is 27.8. The molecular formula is C12H21N3O3. The lowest BCUT2D eigenvalue weighted by atomic mass is 10.1. The molecule has 6 nitrogen and oxygen atoms in total. The average Bonchev–Trinajstić information content (AvgIpc) is 2.95. The fourth-order valence-electron chi connectivity index (χ4n) is 2.88. The number of amides is 2. The molecule has 2 atom stereocenters. The van der Waals surface area contributed by atoms with Gasteiger partial charge in [0.2, 0.25) is 0 Å². The first-order chi connectivity index (χ1) is 8.61. The quantitative estimate of drug-likeness (QED) is 0.760. The molecule has 2 unspecified atom stereocenters. The van der Waals surface area contributed by atoms with Gasteiger partial charge in [-0.05, 0) is 31.7 Å². The highest BCUT2D eigenvalue weighted by Gasteiger charge is 2.35. The third-order valence-corrected chi connectivity index (χ3v) is 3.92. The van der Waals surface area contributed by atoms with Crippen molar-refractivity contribution in [2.75, 3.05) is 26.2 Å². The Balaban J connectivity index is 1.93. The highest BCUT2D eigenvalue weighted by Crippen LogP contribution is 2.24. The first kappa shape index (κ1) is 13.1. The van der Waals surface area contributed by atoms with E-state index >= 15 is 0 Å². The number of urea groups is 1. The van der Waals surface area contributed by atoms with E-state index in [1.165, 1.54) is 0 Å². The Morgan fingerprint density at radius 2 is 2.06 bits per heavy atom. The van der Waals surface area contributed by atoms with Gasteiger partial charge in [0.05, 0.1) is 6.42 Å². The molecular weight excluding hydrogens is 234 g/mol. The van der Waals surface area contributed by atoms with Crippen LogP contribution in [0, 0.1) is 5.92 Å². The van der Waals surface area contributed by atoms with Crippen LogP contribution in [0.3, 0.4) is 0 Å². The summed E-state index contributed by atoms with van der Waals surface area (Å²) >= 11 is 0. The second-order valence-electron chi connectivity index (χ2n) is 5.21. The van der Waals surface area contributed by atoms with E-state index in [1.807, 2.05) is 4.90 Å². The Labute approximate surface area is 107 Å². The van der Waals surface area contributed by atoms with Crippen LogP contribution in [-0.4, -0.2) is 59.1 Å². The molecule has 0 saturated carbocycles. The largest absolute Gasteiger partial charge is 0.481 e. The van der Waals surface area contributed by atoms with E-state index in [0.29, 0.717) is 25.6 Å². The van der Waals surface area contributed by atoms with Crippen molar-refractivity contribution in [1.29, 1.82) is 0 Å². The Morgan fingerprint density at radius 1 is 1.28 bits per heavy atom. The molecule has 102 valence electrons. The van der Waals surface area contributed by atoms with Gasteiger partial charge in [0.15, 0.2) is 0 Å². The molecule has 2 rings (SSSR count). The molecule has 0 bridgehead atoms. The van der Waals surface area contributed by atoms with Gasteiger partial charge in [0.1, 0.15) is 0 Å². The molecule has 2 amide bonds. The molecule has 0 aromatic heterocycles. The van der Waals surface area contributed by atoms with Gasteiger partial charge in [0, 0.05) is 25.7 Å². The average molecular weight is 255 g/mol. The third-order valence-electron chi connectivity index (χ3n) is 3.92. The summed E-state index contributed by atoms with van der Waals surface area (Å²) in [6.07, 6.45) is 2.71. The van der Waals surface area contributed by atoms with Crippen LogP contribution in [0.1, 0.15) is 25.7 Å². The summed E-state index contributed by atoms with van der Waals surface area (Å²) in [5.41, 5.74) is 5.61. The molecule has 2 fully saturated rings. The van der Waals surface area contributed by atoms with Crippen LogP contribution in [-0.2, 0) is 4.79 Å². The van der Waals surface area contributed by atoms with Crippen molar-refractivity contribution in [2.24, 2.45) is 11.7 Å². The minimum atomic E-state index is -0.832. The fraction of sp³-hybridized carbons (Fsp3) is 0.833. The molecule has 0 aromatic rings. The molecule has 0 aliphatic carbocycles. The number of likely N-dealkylation sites (tertiary alicyclic amines) is 2. The summed E-state index contributed by atoms with van der Waals surface area (Å²) in [4.78, 5) is 26.6. The zero-order chi connectivity index (χ0) is 13.1. The van der Waals surface area contributed by atoms with Crippen molar-refractivity contribution in [3.05, 3.63) is 0 Å². The van der Waals surface area contributed by atoms with E-state index in [9.17, 15) is 9.59 Å². The Kier molecular flexibility index (Phi) is 4.06. The van der Waals surface area contributed by atoms with E-state index in [1.54, 1.807) is 4.90 Å².